The summed E-state index contributed by atoms with van der Waals surface area (Å²) in [5, 5.41) is 32.5. The highest BCUT2D eigenvalue weighted by Gasteiger charge is 2.26. The molecule has 1 aliphatic rings. The minimum atomic E-state index is -1.11. The van der Waals surface area contributed by atoms with Gasteiger partial charge in [-0.3, -0.25) is 0 Å². The van der Waals surface area contributed by atoms with Crippen molar-refractivity contribution < 1.29 is 19.7 Å². The van der Waals surface area contributed by atoms with Crippen LogP contribution in [0.15, 0.2) is 30.0 Å². The van der Waals surface area contributed by atoms with Crippen LogP contribution >= 0.6 is 0 Å². The number of carboxylic acid groups (broad SMARTS) is 1. The van der Waals surface area contributed by atoms with Crippen LogP contribution in [0.5, 0.6) is 11.5 Å². The maximum absolute atomic E-state index is 11.2. The van der Waals surface area contributed by atoms with Crippen LogP contribution in [0, 0.1) is 0 Å². The van der Waals surface area contributed by atoms with Gasteiger partial charge in [0, 0.05) is 0 Å². The molecule has 0 aliphatic carbocycles. The fourth-order valence-corrected chi connectivity index (χ4v) is 2.09. The molecule has 2 heterocycles. The van der Waals surface area contributed by atoms with Crippen LogP contribution in [-0.4, -0.2) is 43.5 Å². The fourth-order valence-electron chi connectivity index (χ4n) is 2.09. The molecular formula is C12H11N5O4. The van der Waals surface area contributed by atoms with Gasteiger partial charge in [0.15, 0.2) is 11.5 Å². The van der Waals surface area contributed by atoms with Crippen molar-refractivity contribution in [2.24, 2.45) is 0 Å². The lowest BCUT2D eigenvalue weighted by atomic mass is 10.0. The number of fused-ring (bicyclic) bond motifs is 1. The SMILES string of the molecule is COc1cc([C@@H]2C=C(C(=O)O)Nc3nnnn32)ccc1O. The average Bonchev–Trinajstić information content (AvgIpc) is 2.95. The molecule has 3 rings (SSSR count). The zero-order valence-electron chi connectivity index (χ0n) is 10.9. The molecule has 108 valence electrons. The number of ether oxygens (including phenoxy) is 1. The number of phenolic OH excluding ortho intramolecular Hbond substituents is 1. The Balaban J connectivity index is 2.10. The van der Waals surface area contributed by atoms with E-state index in [9.17, 15) is 9.90 Å². The first kappa shape index (κ1) is 12.9. The number of hydrogen-bond donors (Lipinski definition) is 3. The Kier molecular flexibility index (Phi) is 2.94. The van der Waals surface area contributed by atoms with Gasteiger partial charge in [0.25, 0.3) is 0 Å². The van der Waals surface area contributed by atoms with Crippen molar-refractivity contribution in [3.05, 3.63) is 35.5 Å². The van der Waals surface area contributed by atoms with Crippen LogP contribution < -0.4 is 10.1 Å². The van der Waals surface area contributed by atoms with Crippen molar-refractivity contribution in [3.63, 3.8) is 0 Å². The lowest BCUT2D eigenvalue weighted by Crippen LogP contribution is -2.24. The maximum Gasteiger partial charge on any atom is 0.352 e. The molecule has 0 bridgehead atoms. The van der Waals surface area contributed by atoms with Crippen molar-refractivity contribution in [2.75, 3.05) is 12.4 Å². The first-order valence-electron chi connectivity index (χ1n) is 5.97. The summed E-state index contributed by atoms with van der Waals surface area (Å²) in [6, 6.07) is 4.20. The van der Waals surface area contributed by atoms with E-state index in [1.54, 1.807) is 12.1 Å². The number of nitrogens with zero attached hydrogens (tertiary/aromatic N) is 4. The number of anilines is 1. The molecule has 1 atom stereocenters. The number of methoxy groups -OCH3 is 1. The van der Waals surface area contributed by atoms with Crippen LogP contribution in [0.1, 0.15) is 11.6 Å². The summed E-state index contributed by atoms with van der Waals surface area (Å²) in [6.07, 6.45) is 1.48. The van der Waals surface area contributed by atoms with Gasteiger partial charge < -0.3 is 20.3 Å². The third kappa shape index (κ3) is 2.14. The quantitative estimate of drug-likeness (QED) is 0.740. The van der Waals surface area contributed by atoms with E-state index in [1.165, 1.54) is 23.9 Å². The Morgan fingerprint density at radius 2 is 2.29 bits per heavy atom. The first-order chi connectivity index (χ1) is 10.1. The van der Waals surface area contributed by atoms with Gasteiger partial charge in [0.2, 0.25) is 5.95 Å². The van der Waals surface area contributed by atoms with Crippen molar-refractivity contribution in [2.45, 2.75) is 6.04 Å². The normalized spacial score (nSPS) is 16.6. The summed E-state index contributed by atoms with van der Waals surface area (Å²) in [7, 11) is 1.43. The Morgan fingerprint density at radius 3 is 3.00 bits per heavy atom. The molecule has 1 aromatic heterocycles. The number of carbonyl (C=O) groups is 1. The summed E-state index contributed by atoms with van der Waals surface area (Å²) in [5.74, 6) is -0.604. The van der Waals surface area contributed by atoms with Crippen LogP contribution in [0.4, 0.5) is 5.95 Å². The van der Waals surface area contributed by atoms with Crippen LogP contribution in [0.2, 0.25) is 0 Å². The van der Waals surface area contributed by atoms with E-state index >= 15 is 0 Å². The van der Waals surface area contributed by atoms with Crippen molar-refractivity contribution in [1.29, 1.82) is 0 Å². The molecule has 9 nitrogen and oxygen atoms in total. The number of benzene rings is 1. The topological polar surface area (TPSA) is 122 Å². The van der Waals surface area contributed by atoms with Gasteiger partial charge >= 0.3 is 5.97 Å². The molecule has 0 amide bonds. The van der Waals surface area contributed by atoms with E-state index in [-0.39, 0.29) is 23.1 Å². The van der Waals surface area contributed by atoms with Gasteiger partial charge in [-0.15, -0.1) is 0 Å². The summed E-state index contributed by atoms with van der Waals surface area (Å²) in [4.78, 5) is 11.2. The molecule has 1 aromatic carbocycles. The summed E-state index contributed by atoms with van der Waals surface area (Å²) in [6.45, 7) is 0. The number of aromatic nitrogens is 4. The molecule has 2 aromatic rings. The second-order valence-corrected chi connectivity index (χ2v) is 4.33. The van der Waals surface area contributed by atoms with Crippen LogP contribution in [0.25, 0.3) is 0 Å². The number of aliphatic carboxylic acids is 1. The lowest BCUT2D eigenvalue weighted by molar-refractivity contribution is -0.132. The highest BCUT2D eigenvalue weighted by Crippen LogP contribution is 2.33. The van der Waals surface area contributed by atoms with Gasteiger partial charge in [-0.2, -0.15) is 4.68 Å². The summed E-state index contributed by atoms with van der Waals surface area (Å²) < 4.78 is 6.50. The predicted octanol–water partition coefficient (Wildman–Crippen LogP) is 0.371. The monoisotopic (exact) mass is 289 g/mol. The number of rotatable bonds is 3. The van der Waals surface area contributed by atoms with Gasteiger partial charge in [-0.05, 0) is 34.2 Å². The third-order valence-corrected chi connectivity index (χ3v) is 3.10. The molecule has 0 fully saturated rings. The third-order valence-electron chi connectivity index (χ3n) is 3.10. The van der Waals surface area contributed by atoms with E-state index in [0.29, 0.717) is 5.56 Å². The number of hydrogen-bond acceptors (Lipinski definition) is 7. The van der Waals surface area contributed by atoms with Gasteiger partial charge in [-0.1, -0.05) is 11.2 Å². The van der Waals surface area contributed by atoms with Crippen molar-refractivity contribution in [3.8, 4) is 11.5 Å². The van der Waals surface area contributed by atoms with E-state index in [1.807, 2.05) is 0 Å². The highest BCUT2D eigenvalue weighted by atomic mass is 16.5. The zero-order valence-corrected chi connectivity index (χ0v) is 10.9. The largest absolute Gasteiger partial charge is 0.504 e. The Hall–Kier alpha value is -3.10. The minimum absolute atomic E-state index is 0.00504. The van der Waals surface area contributed by atoms with Crippen molar-refractivity contribution >= 4 is 11.9 Å². The molecule has 0 unspecified atom stereocenters. The summed E-state index contributed by atoms with van der Waals surface area (Å²) in [5.41, 5.74) is 0.660. The standard InChI is InChI=1S/C12H11N5O4/c1-21-10-4-6(2-3-9(10)18)8-5-7(11(19)20)13-12-14-15-16-17(8)12/h2-5,8,18H,1H3,(H,19,20)(H,13,14,16)/t8-/m0/s1. The predicted molar refractivity (Wildman–Crippen MR) is 70.0 cm³/mol. The molecule has 9 heteroatoms. The highest BCUT2D eigenvalue weighted by molar-refractivity contribution is 5.90. The molecule has 1 aliphatic heterocycles. The van der Waals surface area contributed by atoms with Crippen LogP contribution in [0.3, 0.4) is 0 Å². The molecule has 0 radical (unpaired) electrons. The van der Waals surface area contributed by atoms with Gasteiger partial charge in [-0.25, -0.2) is 4.79 Å². The maximum atomic E-state index is 11.2. The van der Waals surface area contributed by atoms with E-state index < -0.39 is 12.0 Å². The Morgan fingerprint density at radius 1 is 1.48 bits per heavy atom. The number of nitrogens with one attached hydrogen (secondary N) is 1. The summed E-state index contributed by atoms with van der Waals surface area (Å²) >= 11 is 0. The molecule has 0 saturated heterocycles. The van der Waals surface area contributed by atoms with Crippen LogP contribution in [-0.2, 0) is 4.79 Å². The molecule has 0 spiro atoms. The van der Waals surface area contributed by atoms with E-state index in [0.717, 1.165) is 0 Å². The lowest BCUT2D eigenvalue weighted by Gasteiger charge is -2.21. The fraction of sp³-hybridized carbons (Fsp3) is 0.167. The van der Waals surface area contributed by atoms with Crippen molar-refractivity contribution in [1.82, 2.24) is 20.2 Å². The smallest absolute Gasteiger partial charge is 0.352 e. The zero-order chi connectivity index (χ0) is 15.0. The second kappa shape index (κ2) is 4.78. The Labute approximate surface area is 118 Å². The number of allylic oxidation sites excluding steroid dienone is 1. The number of carboxylic acids is 1. The van der Waals surface area contributed by atoms with E-state index in [2.05, 4.69) is 20.8 Å². The number of phenols is 1. The Bertz CT molecular complexity index is 739. The molecular weight excluding hydrogens is 278 g/mol. The average molecular weight is 289 g/mol. The minimum Gasteiger partial charge on any atom is -0.504 e. The first-order valence-corrected chi connectivity index (χ1v) is 5.97. The molecule has 3 N–H and O–H groups in total. The second-order valence-electron chi connectivity index (χ2n) is 4.33. The molecule has 0 saturated carbocycles. The number of aromatic hydroxyl groups is 1. The van der Waals surface area contributed by atoms with Gasteiger partial charge in [0.05, 0.1) is 7.11 Å². The van der Waals surface area contributed by atoms with E-state index in [4.69, 9.17) is 9.84 Å². The van der Waals surface area contributed by atoms with Gasteiger partial charge in [0.1, 0.15) is 11.7 Å². The molecule has 21 heavy (non-hydrogen) atoms. The number of tetrazole rings is 1.